The normalized spacial score (nSPS) is 9.55. The lowest BCUT2D eigenvalue weighted by Crippen LogP contribution is -1.99. The van der Waals surface area contributed by atoms with Crippen LogP contribution in [0, 0.1) is 0 Å². The maximum Gasteiger partial charge on any atom is 0.177 e. The van der Waals surface area contributed by atoms with Gasteiger partial charge in [0.1, 0.15) is 0 Å². The molecule has 0 aliphatic heterocycles. The van der Waals surface area contributed by atoms with E-state index in [1.165, 1.54) is 0 Å². The number of nitrogen functional groups attached to an aromatic ring is 1. The standard InChI is InChI=1S/C8H8ClNO/c9-5-8(11)6-1-3-7(10)4-2-6/h1-4H,5,10H2. The van der Waals surface area contributed by atoms with E-state index in [-0.39, 0.29) is 11.7 Å². The van der Waals surface area contributed by atoms with Gasteiger partial charge in [0.25, 0.3) is 0 Å². The fourth-order valence-electron chi connectivity index (χ4n) is 0.746. The topological polar surface area (TPSA) is 43.1 Å². The minimum atomic E-state index is -0.0772. The third kappa shape index (κ3) is 1.95. The Morgan fingerprint density at radius 1 is 1.36 bits per heavy atom. The molecule has 1 aromatic carbocycles. The highest BCUT2D eigenvalue weighted by atomic mass is 35.5. The molecule has 0 saturated carbocycles. The molecule has 0 amide bonds. The number of carbonyl (C=O) groups is 1. The average molecular weight is 170 g/mol. The van der Waals surface area contributed by atoms with Crippen LogP contribution in [0.3, 0.4) is 0 Å². The fourth-order valence-corrected chi connectivity index (χ4v) is 0.900. The Labute approximate surface area is 70.0 Å². The van der Waals surface area contributed by atoms with Crippen LogP contribution in [-0.2, 0) is 0 Å². The lowest BCUT2D eigenvalue weighted by molar-refractivity contribution is 0.102. The van der Waals surface area contributed by atoms with Gasteiger partial charge in [0.15, 0.2) is 5.78 Å². The molecule has 0 aliphatic carbocycles. The molecule has 0 fully saturated rings. The minimum Gasteiger partial charge on any atom is -0.399 e. The summed E-state index contributed by atoms with van der Waals surface area (Å²) in [5.41, 5.74) is 6.68. The first-order chi connectivity index (χ1) is 5.24. The number of rotatable bonds is 2. The van der Waals surface area contributed by atoms with E-state index in [0.717, 1.165) is 0 Å². The monoisotopic (exact) mass is 169 g/mol. The van der Waals surface area contributed by atoms with Gasteiger partial charge < -0.3 is 5.73 Å². The molecule has 0 saturated heterocycles. The van der Waals surface area contributed by atoms with Gasteiger partial charge in [0.05, 0.1) is 5.88 Å². The van der Waals surface area contributed by atoms with Crippen molar-refractivity contribution in [3.05, 3.63) is 29.8 Å². The minimum absolute atomic E-state index is 0.0178. The van der Waals surface area contributed by atoms with Crippen molar-refractivity contribution >= 4 is 23.1 Å². The predicted octanol–water partition coefficient (Wildman–Crippen LogP) is 1.69. The molecular weight excluding hydrogens is 162 g/mol. The van der Waals surface area contributed by atoms with E-state index < -0.39 is 0 Å². The number of Topliss-reactive ketones (excluding diaryl/α,β-unsaturated/α-hetero) is 1. The maximum atomic E-state index is 11.0. The Bertz CT molecular complexity index is 255. The number of alkyl halides is 1. The summed E-state index contributed by atoms with van der Waals surface area (Å²) in [7, 11) is 0. The molecule has 0 atom stereocenters. The zero-order chi connectivity index (χ0) is 8.27. The summed E-state index contributed by atoms with van der Waals surface area (Å²) in [6, 6.07) is 6.69. The lowest BCUT2D eigenvalue weighted by atomic mass is 10.1. The summed E-state index contributed by atoms with van der Waals surface area (Å²) in [6.45, 7) is 0. The summed E-state index contributed by atoms with van der Waals surface area (Å²) < 4.78 is 0. The molecule has 1 aromatic rings. The Morgan fingerprint density at radius 2 is 1.91 bits per heavy atom. The summed E-state index contributed by atoms with van der Waals surface area (Å²) >= 11 is 5.35. The van der Waals surface area contributed by atoms with Crippen LogP contribution in [-0.4, -0.2) is 11.7 Å². The van der Waals surface area contributed by atoms with Gasteiger partial charge in [-0.25, -0.2) is 0 Å². The quantitative estimate of drug-likeness (QED) is 0.416. The number of nitrogens with two attached hydrogens (primary N) is 1. The van der Waals surface area contributed by atoms with Crippen LogP contribution in [0.5, 0.6) is 0 Å². The van der Waals surface area contributed by atoms with Gasteiger partial charge in [-0.05, 0) is 24.3 Å². The van der Waals surface area contributed by atoms with Crippen LogP contribution in [0.1, 0.15) is 10.4 Å². The van der Waals surface area contributed by atoms with Crippen LogP contribution >= 0.6 is 11.6 Å². The van der Waals surface area contributed by atoms with Gasteiger partial charge in [-0.3, -0.25) is 4.79 Å². The largest absolute Gasteiger partial charge is 0.399 e. The number of hydrogen-bond acceptors (Lipinski definition) is 2. The molecule has 0 aromatic heterocycles. The van der Waals surface area contributed by atoms with E-state index in [1.54, 1.807) is 24.3 Å². The zero-order valence-corrected chi connectivity index (χ0v) is 6.64. The van der Waals surface area contributed by atoms with Crippen molar-refractivity contribution in [2.24, 2.45) is 0 Å². The molecule has 0 heterocycles. The first-order valence-corrected chi connectivity index (χ1v) is 3.72. The second-order valence-electron chi connectivity index (χ2n) is 2.18. The maximum absolute atomic E-state index is 11.0. The number of hydrogen-bond donors (Lipinski definition) is 1. The van der Waals surface area contributed by atoms with Crippen molar-refractivity contribution in [3.8, 4) is 0 Å². The molecule has 0 unspecified atom stereocenters. The van der Waals surface area contributed by atoms with Crippen LogP contribution in [0.15, 0.2) is 24.3 Å². The Morgan fingerprint density at radius 3 is 2.36 bits per heavy atom. The van der Waals surface area contributed by atoms with Gasteiger partial charge >= 0.3 is 0 Å². The van der Waals surface area contributed by atoms with Gasteiger partial charge in [-0.1, -0.05) is 0 Å². The number of halogens is 1. The van der Waals surface area contributed by atoms with E-state index in [9.17, 15) is 4.79 Å². The molecule has 2 nitrogen and oxygen atoms in total. The molecule has 0 spiro atoms. The molecule has 0 radical (unpaired) electrons. The molecule has 0 bridgehead atoms. The fraction of sp³-hybridized carbons (Fsp3) is 0.125. The van der Waals surface area contributed by atoms with E-state index in [0.29, 0.717) is 11.3 Å². The zero-order valence-electron chi connectivity index (χ0n) is 5.88. The van der Waals surface area contributed by atoms with Crippen molar-refractivity contribution in [1.29, 1.82) is 0 Å². The summed E-state index contributed by atoms with van der Waals surface area (Å²) in [5.74, 6) is -0.0594. The second-order valence-corrected chi connectivity index (χ2v) is 2.45. The summed E-state index contributed by atoms with van der Waals surface area (Å²) in [4.78, 5) is 11.0. The van der Waals surface area contributed by atoms with Crippen LogP contribution in [0.25, 0.3) is 0 Å². The highest BCUT2D eigenvalue weighted by Crippen LogP contribution is 2.06. The van der Waals surface area contributed by atoms with E-state index in [4.69, 9.17) is 17.3 Å². The van der Waals surface area contributed by atoms with E-state index >= 15 is 0 Å². The number of carbonyl (C=O) groups excluding carboxylic acids is 1. The number of anilines is 1. The first kappa shape index (κ1) is 8.08. The third-order valence-electron chi connectivity index (χ3n) is 1.35. The van der Waals surface area contributed by atoms with Crippen molar-refractivity contribution < 1.29 is 4.79 Å². The smallest absolute Gasteiger partial charge is 0.177 e. The molecule has 3 heteroatoms. The SMILES string of the molecule is Nc1ccc(C(=O)CCl)cc1. The van der Waals surface area contributed by atoms with Crippen LogP contribution in [0.2, 0.25) is 0 Å². The van der Waals surface area contributed by atoms with E-state index in [1.807, 2.05) is 0 Å². The predicted molar refractivity (Wildman–Crippen MR) is 45.9 cm³/mol. The molecule has 11 heavy (non-hydrogen) atoms. The Hall–Kier alpha value is -1.02. The van der Waals surface area contributed by atoms with E-state index in [2.05, 4.69) is 0 Å². The Kier molecular flexibility index (Phi) is 2.49. The molecule has 1 rings (SSSR count). The molecule has 0 aliphatic rings. The number of benzene rings is 1. The molecular formula is C8H8ClNO. The Balaban J connectivity index is 2.90. The van der Waals surface area contributed by atoms with Crippen molar-refractivity contribution in [2.75, 3.05) is 11.6 Å². The summed E-state index contributed by atoms with van der Waals surface area (Å²) in [5, 5.41) is 0. The lowest BCUT2D eigenvalue weighted by Gasteiger charge is -1.96. The van der Waals surface area contributed by atoms with Gasteiger partial charge in [0, 0.05) is 11.3 Å². The van der Waals surface area contributed by atoms with Gasteiger partial charge in [-0.15, -0.1) is 11.6 Å². The number of ketones is 1. The average Bonchev–Trinajstić information content (AvgIpc) is 2.05. The third-order valence-corrected chi connectivity index (χ3v) is 1.60. The van der Waals surface area contributed by atoms with Crippen molar-refractivity contribution in [3.63, 3.8) is 0 Å². The van der Waals surface area contributed by atoms with Crippen molar-refractivity contribution in [1.82, 2.24) is 0 Å². The highest BCUT2D eigenvalue weighted by molar-refractivity contribution is 6.30. The van der Waals surface area contributed by atoms with Crippen LogP contribution < -0.4 is 5.73 Å². The highest BCUT2D eigenvalue weighted by Gasteiger charge is 2.01. The first-order valence-electron chi connectivity index (χ1n) is 3.18. The molecule has 58 valence electrons. The second kappa shape index (κ2) is 3.39. The molecule has 2 N–H and O–H groups in total. The summed E-state index contributed by atoms with van der Waals surface area (Å²) in [6.07, 6.45) is 0. The van der Waals surface area contributed by atoms with Crippen LogP contribution in [0.4, 0.5) is 5.69 Å². The van der Waals surface area contributed by atoms with Crippen molar-refractivity contribution in [2.45, 2.75) is 0 Å². The van der Waals surface area contributed by atoms with Gasteiger partial charge in [-0.2, -0.15) is 0 Å². The van der Waals surface area contributed by atoms with Gasteiger partial charge in [0.2, 0.25) is 0 Å².